The molecule has 0 saturated heterocycles. The second kappa shape index (κ2) is 7.65. The fourth-order valence-electron chi connectivity index (χ4n) is 2.86. The number of aliphatic carboxylic acids is 1. The number of nitrogens with one attached hydrogen (secondary N) is 2. The molecular weight excluding hydrogens is 336 g/mol. The number of nitrogens with zero attached hydrogens (tertiary/aromatic N) is 2. The second-order valence-electron chi connectivity index (χ2n) is 6.55. The summed E-state index contributed by atoms with van der Waals surface area (Å²) in [6.45, 7) is 5.33. The van der Waals surface area contributed by atoms with E-state index < -0.39 is 23.2 Å². The van der Waals surface area contributed by atoms with E-state index in [0.717, 1.165) is 11.0 Å². The Labute approximate surface area is 151 Å². The lowest BCUT2D eigenvalue weighted by Gasteiger charge is -2.33. The van der Waals surface area contributed by atoms with E-state index in [1.807, 2.05) is 13.0 Å². The molecule has 1 heterocycles. The first kappa shape index (κ1) is 19.6. The van der Waals surface area contributed by atoms with Crippen LogP contribution in [0.25, 0.3) is 11.0 Å². The first-order valence-corrected chi connectivity index (χ1v) is 8.36. The number of ketones is 1. The first-order valence-electron chi connectivity index (χ1n) is 8.36. The van der Waals surface area contributed by atoms with Gasteiger partial charge in [-0.05, 0) is 38.5 Å². The van der Waals surface area contributed by atoms with Crippen molar-refractivity contribution in [3.05, 3.63) is 30.1 Å². The molecule has 3 N–H and O–H groups in total. The topological polar surface area (TPSA) is 115 Å². The summed E-state index contributed by atoms with van der Waals surface area (Å²) in [5, 5.41) is 12.0. The maximum Gasteiger partial charge on any atom is 0.328 e. The van der Waals surface area contributed by atoms with E-state index in [2.05, 4.69) is 15.3 Å². The van der Waals surface area contributed by atoms with Gasteiger partial charge in [0.25, 0.3) is 0 Å². The van der Waals surface area contributed by atoms with Gasteiger partial charge in [-0.2, -0.15) is 0 Å². The van der Waals surface area contributed by atoms with Crippen molar-refractivity contribution < 1.29 is 19.5 Å². The average molecular weight is 360 g/mol. The third kappa shape index (κ3) is 3.75. The number of carbonyl (C=O) groups is 3. The number of aromatic amines is 1. The Morgan fingerprint density at radius 3 is 2.65 bits per heavy atom. The molecule has 8 nitrogen and oxygen atoms in total. The minimum absolute atomic E-state index is 0.00631. The number of carbonyl (C=O) groups excluding carboxylic acids is 2. The number of aromatic nitrogens is 2. The summed E-state index contributed by atoms with van der Waals surface area (Å²) in [4.78, 5) is 44.7. The highest BCUT2D eigenvalue weighted by Gasteiger charge is 2.39. The maximum atomic E-state index is 13.1. The number of hydrogen-bond acceptors (Lipinski definition) is 5. The van der Waals surface area contributed by atoms with Gasteiger partial charge in [-0.3, -0.25) is 19.7 Å². The first-order chi connectivity index (χ1) is 12.2. The number of carboxylic acid groups (broad SMARTS) is 1. The van der Waals surface area contributed by atoms with Crippen molar-refractivity contribution in [2.24, 2.45) is 0 Å². The molecule has 0 saturated carbocycles. The van der Waals surface area contributed by atoms with Crippen molar-refractivity contribution in [2.45, 2.75) is 32.2 Å². The molecule has 26 heavy (non-hydrogen) atoms. The van der Waals surface area contributed by atoms with Crippen LogP contribution in [-0.4, -0.2) is 63.8 Å². The van der Waals surface area contributed by atoms with Crippen LogP contribution in [0, 0.1) is 0 Å². The van der Waals surface area contributed by atoms with E-state index in [4.69, 9.17) is 0 Å². The van der Waals surface area contributed by atoms with E-state index in [1.54, 1.807) is 37.3 Å². The molecule has 0 aliphatic carbocycles. The van der Waals surface area contributed by atoms with Gasteiger partial charge in [-0.25, -0.2) is 4.98 Å². The highest BCUT2D eigenvalue weighted by molar-refractivity contribution is 6.01. The Balaban J connectivity index is 2.42. The van der Waals surface area contributed by atoms with Gasteiger partial charge in [-0.1, -0.05) is 6.07 Å². The lowest BCUT2D eigenvalue weighted by molar-refractivity contribution is -0.144. The summed E-state index contributed by atoms with van der Waals surface area (Å²) in [6, 6.07) is 4.08. The largest absolute Gasteiger partial charge is 0.480 e. The summed E-state index contributed by atoms with van der Waals surface area (Å²) in [7, 11) is 1.69. The molecule has 0 bridgehead atoms. The second-order valence-corrected chi connectivity index (χ2v) is 6.55. The van der Waals surface area contributed by atoms with Gasteiger partial charge in [-0.15, -0.1) is 0 Å². The number of Topliss-reactive ketones (excluding diaryl/α,β-unsaturated/α-hetero) is 1. The zero-order valence-electron chi connectivity index (χ0n) is 15.4. The molecule has 2 rings (SSSR count). The van der Waals surface area contributed by atoms with Crippen molar-refractivity contribution in [3.63, 3.8) is 0 Å². The number of carboxylic acids is 1. The quantitative estimate of drug-likeness (QED) is 0.603. The van der Waals surface area contributed by atoms with Crippen molar-refractivity contribution >= 4 is 28.7 Å². The highest BCUT2D eigenvalue weighted by Crippen LogP contribution is 2.28. The number of H-pyrrole nitrogens is 1. The lowest BCUT2D eigenvalue weighted by atomic mass is 9.80. The van der Waals surface area contributed by atoms with Gasteiger partial charge in [0.1, 0.15) is 0 Å². The van der Waals surface area contributed by atoms with Gasteiger partial charge < -0.3 is 15.0 Å². The van der Waals surface area contributed by atoms with Crippen LogP contribution in [0.3, 0.4) is 0 Å². The molecule has 0 aliphatic rings. The van der Waals surface area contributed by atoms with Crippen LogP contribution >= 0.6 is 0 Å². The fraction of sp³-hybridized carbons (Fsp3) is 0.444. The summed E-state index contributed by atoms with van der Waals surface area (Å²) in [6.07, 6.45) is 1.57. The van der Waals surface area contributed by atoms with Crippen LogP contribution in [0.15, 0.2) is 24.5 Å². The maximum absolute atomic E-state index is 13.1. The van der Waals surface area contributed by atoms with Crippen LogP contribution in [0.1, 0.15) is 26.3 Å². The fourth-order valence-corrected chi connectivity index (χ4v) is 2.86. The molecular formula is C18H24N4O4. The summed E-state index contributed by atoms with van der Waals surface area (Å²) < 4.78 is 0. The Kier molecular flexibility index (Phi) is 5.76. The van der Waals surface area contributed by atoms with E-state index in [1.165, 1.54) is 6.92 Å². The molecule has 1 aromatic carbocycles. The molecule has 2 atom stereocenters. The van der Waals surface area contributed by atoms with Crippen LogP contribution in [0.5, 0.6) is 0 Å². The molecule has 1 aromatic heterocycles. The Hall–Kier alpha value is -2.74. The Bertz CT molecular complexity index is 817. The van der Waals surface area contributed by atoms with E-state index in [9.17, 15) is 19.5 Å². The average Bonchev–Trinajstić information content (AvgIpc) is 3.07. The molecule has 2 unspecified atom stereocenters. The molecule has 8 heteroatoms. The van der Waals surface area contributed by atoms with E-state index >= 15 is 0 Å². The van der Waals surface area contributed by atoms with Gasteiger partial charge in [0.15, 0.2) is 11.8 Å². The zero-order valence-corrected chi connectivity index (χ0v) is 15.4. The minimum Gasteiger partial charge on any atom is -0.480 e. The summed E-state index contributed by atoms with van der Waals surface area (Å²) in [5.74, 6) is -1.95. The molecule has 2 aromatic rings. The number of imidazole rings is 1. The summed E-state index contributed by atoms with van der Waals surface area (Å²) >= 11 is 0. The predicted octanol–water partition coefficient (Wildman–Crippen LogP) is 0.931. The number of fused-ring (bicyclic) bond motifs is 1. The zero-order chi connectivity index (χ0) is 19.5. The number of benzene rings is 1. The smallest absolute Gasteiger partial charge is 0.328 e. The monoisotopic (exact) mass is 360 g/mol. The SMILES string of the molecule is CCN(C)C(=O)C(C)(CNC(C(C)=O)C(=O)O)c1ccc2nc[nH]c2c1. The van der Waals surface area contributed by atoms with Gasteiger partial charge in [0, 0.05) is 20.1 Å². The number of likely N-dealkylation sites (N-methyl/N-ethyl adjacent to an activating group) is 1. The molecule has 0 radical (unpaired) electrons. The standard InChI is InChI=1S/C18H24N4O4/c1-5-22(4)17(26)18(3,9-19-15(11(2)23)16(24)25)12-6-7-13-14(8-12)21-10-20-13/h6-8,10,15,19H,5,9H2,1-4H3,(H,20,21)(H,24,25). The van der Waals surface area contributed by atoms with Crippen molar-refractivity contribution in [1.82, 2.24) is 20.2 Å². The van der Waals surface area contributed by atoms with Crippen molar-refractivity contribution in [3.8, 4) is 0 Å². The number of hydrogen-bond donors (Lipinski definition) is 3. The highest BCUT2D eigenvalue weighted by atomic mass is 16.4. The molecule has 0 spiro atoms. The van der Waals surface area contributed by atoms with E-state index in [-0.39, 0.29) is 12.5 Å². The van der Waals surface area contributed by atoms with Crippen LogP contribution in [0.2, 0.25) is 0 Å². The van der Waals surface area contributed by atoms with Crippen molar-refractivity contribution in [1.29, 1.82) is 0 Å². The normalized spacial score (nSPS) is 14.6. The van der Waals surface area contributed by atoms with Crippen LogP contribution < -0.4 is 5.32 Å². The lowest BCUT2D eigenvalue weighted by Crippen LogP contribution is -2.53. The van der Waals surface area contributed by atoms with E-state index in [0.29, 0.717) is 12.1 Å². The van der Waals surface area contributed by atoms with Crippen LogP contribution in [-0.2, 0) is 19.8 Å². The predicted molar refractivity (Wildman–Crippen MR) is 96.9 cm³/mol. The van der Waals surface area contributed by atoms with Gasteiger partial charge in [0.2, 0.25) is 5.91 Å². The summed E-state index contributed by atoms with van der Waals surface area (Å²) in [5.41, 5.74) is 1.21. The molecule has 140 valence electrons. The third-order valence-electron chi connectivity index (χ3n) is 4.66. The Morgan fingerprint density at radius 1 is 1.38 bits per heavy atom. The third-order valence-corrected chi connectivity index (χ3v) is 4.66. The minimum atomic E-state index is -1.36. The van der Waals surface area contributed by atoms with Gasteiger partial charge >= 0.3 is 5.97 Å². The van der Waals surface area contributed by atoms with Crippen molar-refractivity contribution in [2.75, 3.05) is 20.1 Å². The Morgan fingerprint density at radius 2 is 2.08 bits per heavy atom. The molecule has 0 aliphatic heterocycles. The van der Waals surface area contributed by atoms with Gasteiger partial charge in [0.05, 0.1) is 22.8 Å². The molecule has 1 amide bonds. The van der Waals surface area contributed by atoms with Crippen LogP contribution in [0.4, 0.5) is 0 Å². The number of amides is 1. The number of rotatable bonds is 8. The molecule has 0 fully saturated rings.